The third-order valence-corrected chi connectivity index (χ3v) is 6.57. The SMILES string of the molecule is CC(=N[C@@H]1CCCC[C@H]1N=Cc1cc(C(C)(C)C)cc(C(C)(C)C)c1O)c1ccccc1O. The molecule has 2 aromatic carbocycles. The maximum atomic E-state index is 11.1. The van der Waals surface area contributed by atoms with Gasteiger partial charge in [0, 0.05) is 28.6 Å². The summed E-state index contributed by atoms with van der Waals surface area (Å²) < 4.78 is 0. The minimum absolute atomic E-state index is 0.0250. The molecule has 4 heteroatoms. The zero-order valence-corrected chi connectivity index (χ0v) is 21.3. The van der Waals surface area contributed by atoms with Crippen LogP contribution in [0.25, 0.3) is 0 Å². The Kier molecular flexibility index (Phi) is 7.36. The molecule has 0 amide bonds. The Morgan fingerprint density at radius 2 is 1.55 bits per heavy atom. The molecular formula is C29H40N2O2. The van der Waals surface area contributed by atoms with E-state index >= 15 is 0 Å². The van der Waals surface area contributed by atoms with Crippen molar-refractivity contribution in [3.63, 3.8) is 0 Å². The van der Waals surface area contributed by atoms with Crippen LogP contribution in [0.4, 0.5) is 0 Å². The van der Waals surface area contributed by atoms with Crippen LogP contribution in [0, 0.1) is 0 Å². The minimum Gasteiger partial charge on any atom is -0.507 e. The molecule has 0 aromatic heterocycles. The molecule has 0 aliphatic heterocycles. The number of aliphatic imine (C=N–C) groups is 2. The zero-order chi connectivity index (χ0) is 24.4. The second-order valence-electron chi connectivity index (χ2n) is 11.4. The fraction of sp³-hybridized carbons (Fsp3) is 0.517. The van der Waals surface area contributed by atoms with Crippen LogP contribution in [0.2, 0.25) is 0 Å². The largest absolute Gasteiger partial charge is 0.507 e. The first-order chi connectivity index (χ1) is 15.4. The Morgan fingerprint density at radius 3 is 2.15 bits per heavy atom. The van der Waals surface area contributed by atoms with Gasteiger partial charge in [-0.3, -0.25) is 9.98 Å². The lowest BCUT2D eigenvalue weighted by Gasteiger charge is -2.28. The van der Waals surface area contributed by atoms with Crippen LogP contribution in [-0.4, -0.2) is 34.2 Å². The molecule has 0 saturated heterocycles. The van der Waals surface area contributed by atoms with E-state index in [0.717, 1.165) is 48.1 Å². The standard InChI is InChI=1S/C29H40N2O2/c1-19(22-12-8-11-15-26(22)32)31-25-14-10-9-13-24(25)30-18-20-16-21(28(2,3)4)17-23(27(20)33)29(5,6)7/h8,11-12,15-18,24-25,32-33H,9-10,13-14H2,1-7H3/t24-,25-/m1/s1. The van der Waals surface area contributed by atoms with E-state index < -0.39 is 0 Å². The summed E-state index contributed by atoms with van der Waals surface area (Å²) in [4.78, 5) is 9.93. The molecule has 0 unspecified atom stereocenters. The highest BCUT2D eigenvalue weighted by Gasteiger charge is 2.26. The first-order valence-corrected chi connectivity index (χ1v) is 12.1. The molecule has 1 saturated carbocycles. The first kappa shape index (κ1) is 25.0. The van der Waals surface area contributed by atoms with E-state index in [4.69, 9.17) is 9.98 Å². The zero-order valence-electron chi connectivity index (χ0n) is 21.3. The van der Waals surface area contributed by atoms with Crippen molar-refractivity contribution in [2.45, 2.75) is 97.1 Å². The van der Waals surface area contributed by atoms with Crippen molar-refractivity contribution >= 4 is 11.9 Å². The van der Waals surface area contributed by atoms with Gasteiger partial charge in [-0.25, -0.2) is 0 Å². The summed E-state index contributed by atoms with van der Waals surface area (Å²) in [6.45, 7) is 14.9. The summed E-state index contributed by atoms with van der Waals surface area (Å²) in [5.74, 6) is 0.578. The Labute approximate surface area is 199 Å². The molecular weight excluding hydrogens is 408 g/mol. The number of phenolic OH excluding ortho intramolecular Hbond substituents is 2. The van der Waals surface area contributed by atoms with Gasteiger partial charge in [0.2, 0.25) is 0 Å². The number of aromatic hydroxyl groups is 2. The topological polar surface area (TPSA) is 65.2 Å². The summed E-state index contributed by atoms with van der Waals surface area (Å²) in [5.41, 5.74) is 4.34. The van der Waals surface area contributed by atoms with E-state index in [0.29, 0.717) is 5.75 Å². The lowest BCUT2D eigenvalue weighted by atomic mass is 9.79. The number of nitrogens with zero attached hydrogens (tertiary/aromatic N) is 2. The van der Waals surface area contributed by atoms with Gasteiger partial charge in [-0.1, -0.05) is 72.6 Å². The fourth-order valence-electron chi connectivity index (χ4n) is 4.45. The van der Waals surface area contributed by atoms with Crippen molar-refractivity contribution in [2.75, 3.05) is 0 Å². The number of phenols is 2. The Bertz CT molecular complexity index is 1040. The molecule has 3 rings (SSSR count). The Morgan fingerprint density at radius 1 is 0.909 bits per heavy atom. The number of para-hydroxylation sites is 1. The lowest BCUT2D eigenvalue weighted by Crippen LogP contribution is -2.28. The molecule has 1 aliphatic rings. The minimum atomic E-state index is -0.166. The van der Waals surface area contributed by atoms with E-state index in [2.05, 4.69) is 53.7 Å². The second-order valence-corrected chi connectivity index (χ2v) is 11.4. The van der Waals surface area contributed by atoms with Gasteiger partial charge < -0.3 is 10.2 Å². The van der Waals surface area contributed by atoms with Gasteiger partial charge in [0.25, 0.3) is 0 Å². The first-order valence-electron chi connectivity index (χ1n) is 12.1. The fourth-order valence-corrected chi connectivity index (χ4v) is 4.45. The van der Waals surface area contributed by atoms with Crippen LogP contribution >= 0.6 is 0 Å². The molecule has 1 aliphatic carbocycles. The second kappa shape index (κ2) is 9.70. The maximum Gasteiger partial charge on any atom is 0.128 e. The highest BCUT2D eigenvalue weighted by atomic mass is 16.3. The lowest BCUT2D eigenvalue weighted by molar-refractivity contribution is 0.389. The molecule has 33 heavy (non-hydrogen) atoms. The number of benzene rings is 2. The normalized spacial score (nSPS) is 20.4. The van der Waals surface area contributed by atoms with Crippen LogP contribution in [0.1, 0.15) is 96.4 Å². The highest BCUT2D eigenvalue weighted by Crippen LogP contribution is 2.37. The van der Waals surface area contributed by atoms with Crippen molar-refractivity contribution in [3.8, 4) is 11.5 Å². The van der Waals surface area contributed by atoms with Gasteiger partial charge in [-0.15, -0.1) is 0 Å². The van der Waals surface area contributed by atoms with Gasteiger partial charge in [0.05, 0.1) is 12.1 Å². The van der Waals surface area contributed by atoms with E-state index in [9.17, 15) is 10.2 Å². The predicted molar refractivity (Wildman–Crippen MR) is 139 cm³/mol. The quantitative estimate of drug-likeness (QED) is 0.498. The van der Waals surface area contributed by atoms with Crippen molar-refractivity contribution in [1.29, 1.82) is 0 Å². The molecule has 178 valence electrons. The molecule has 0 bridgehead atoms. The van der Waals surface area contributed by atoms with Gasteiger partial charge in [0.1, 0.15) is 11.5 Å². The van der Waals surface area contributed by atoms with Gasteiger partial charge in [-0.05, 0) is 54.4 Å². The van der Waals surface area contributed by atoms with Crippen LogP contribution < -0.4 is 0 Å². The highest BCUT2D eigenvalue weighted by molar-refractivity contribution is 6.01. The number of rotatable bonds is 4. The summed E-state index contributed by atoms with van der Waals surface area (Å²) in [5, 5.41) is 21.3. The van der Waals surface area contributed by atoms with E-state index in [1.807, 2.05) is 31.3 Å². The average molecular weight is 449 g/mol. The Balaban J connectivity index is 1.95. The maximum absolute atomic E-state index is 11.1. The summed E-state index contributed by atoms with van der Waals surface area (Å²) in [7, 11) is 0. The molecule has 2 aromatic rings. The summed E-state index contributed by atoms with van der Waals surface area (Å²) in [6, 6.07) is 11.7. The summed E-state index contributed by atoms with van der Waals surface area (Å²) in [6.07, 6.45) is 6.07. The monoisotopic (exact) mass is 448 g/mol. The van der Waals surface area contributed by atoms with Crippen LogP contribution in [0.3, 0.4) is 0 Å². The average Bonchev–Trinajstić information content (AvgIpc) is 2.72. The van der Waals surface area contributed by atoms with Crippen LogP contribution in [0.15, 0.2) is 46.4 Å². The molecule has 0 radical (unpaired) electrons. The molecule has 2 N–H and O–H groups in total. The Hall–Kier alpha value is -2.62. The van der Waals surface area contributed by atoms with Gasteiger partial charge in [0.15, 0.2) is 0 Å². The summed E-state index contributed by atoms with van der Waals surface area (Å²) >= 11 is 0. The van der Waals surface area contributed by atoms with Crippen LogP contribution in [0.5, 0.6) is 11.5 Å². The molecule has 1 fully saturated rings. The number of hydrogen-bond acceptors (Lipinski definition) is 4. The van der Waals surface area contributed by atoms with Crippen molar-refractivity contribution in [2.24, 2.45) is 9.98 Å². The van der Waals surface area contributed by atoms with Gasteiger partial charge >= 0.3 is 0 Å². The smallest absolute Gasteiger partial charge is 0.128 e. The van der Waals surface area contributed by atoms with Crippen LogP contribution in [-0.2, 0) is 10.8 Å². The van der Waals surface area contributed by atoms with E-state index in [1.54, 1.807) is 6.07 Å². The third kappa shape index (κ3) is 6.04. The predicted octanol–water partition coefficient (Wildman–Crippen LogP) is 6.93. The van der Waals surface area contributed by atoms with Gasteiger partial charge in [-0.2, -0.15) is 0 Å². The molecule has 4 nitrogen and oxygen atoms in total. The van der Waals surface area contributed by atoms with E-state index in [1.165, 1.54) is 5.56 Å². The molecule has 0 heterocycles. The number of hydrogen-bond donors (Lipinski definition) is 2. The van der Waals surface area contributed by atoms with Crippen molar-refractivity contribution in [1.82, 2.24) is 0 Å². The third-order valence-electron chi connectivity index (χ3n) is 6.57. The molecule has 2 atom stereocenters. The molecule has 0 spiro atoms. The van der Waals surface area contributed by atoms with Crippen molar-refractivity contribution in [3.05, 3.63) is 58.7 Å². The van der Waals surface area contributed by atoms with E-state index in [-0.39, 0.29) is 28.7 Å². The van der Waals surface area contributed by atoms with Crippen molar-refractivity contribution < 1.29 is 10.2 Å².